The molecule has 0 spiro atoms. The summed E-state index contributed by atoms with van der Waals surface area (Å²) < 4.78 is 24.2. The fraction of sp³-hybridized carbons (Fsp3) is 0.588. The number of benzene rings is 1. The number of rotatable bonds is 3. The smallest absolute Gasteiger partial charge is 0.177 e. The van der Waals surface area contributed by atoms with E-state index in [1.54, 1.807) is 18.2 Å². The van der Waals surface area contributed by atoms with Gasteiger partial charge >= 0.3 is 0 Å². The zero-order chi connectivity index (χ0) is 15.9. The van der Waals surface area contributed by atoms with Gasteiger partial charge in [-0.2, -0.15) is 0 Å². The van der Waals surface area contributed by atoms with Crippen LogP contribution in [-0.2, 0) is 9.84 Å². The lowest BCUT2D eigenvalue weighted by Gasteiger charge is -2.22. The molecule has 0 N–H and O–H groups in total. The van der Waals surface area contributed by atoms with Crippen molar-refractivity contribution in [2.75, 3.05) is 24.2 Å². The van der Waals surface area contributed by atoms with Crippen LogP contribution in [0.1, 0.15) is 43.0 Å². The predicted octanol–water partition coefficient (Wildman–Crippen LogP) is 2.92. The topological polar surface area (TPSA) is 54.5 Å². The average molecular weight is 321 g/mol. The summed E-state index contributed by atoms with van der Waals surface area (Å²) in [6.07, 6.45) is 6.27. The van der Waals surface area contributed by atoms with E-state index in [1.807, 2.05) is 0 Å². The maximum atomic E-state index is 12.1. The van der Waals surface area contributed by atoms with Gasteiger partial charge in [-0.1, -0.05) is 12.8 Å². The zero-order valence-corrected chi connectivity index (χ0v) is 14.0. The van der Waals surface area contributed by atoms with Crippen LogP contribution in [0.2, 0.25) is 0 Å². The van der Waals surface area contributed by atoms with Crippen LogP contribution in [0.5, 0.6) is 0 Å². The SMILES string of the molecule is CC(=O)c1ccc(S(C)(=O)=O)c(N2C[C@H]3CCCC[C@@H]3C2)c1. The lowest BCUT2D eigenvalue weighted by molar-refractivity contribution is 0.101. The third-order valence-corrected chi connectivity index (χ3v) is 6.23. The van der Waals surface area contributed by atoms with Gasteiger partial charge in [0.05, 0.1) is 10.6 Å². The molecule has 0 amide bonds. The van der Waals surface area contributed by atoms with E-state index in [4.69, 9.17) is 0 Å². The summed E-state index contributed by atoms with van der Waals surface area (Å²) in [5, 5.41) is 0. The van der Waals surface area contributed by atoms with Crippen LogP contribution in [0.15, 0.2) is 23.1 Å². The number of carbonyl (C=O) groups is 1. The molecule has 1 aromatic rings. The van der Waals surface area contributed by atoms with Crippen molar-refractivity contribution >= 4 is 21.3 Å². The Morgan fingerprint density at radius 3 is 2.23 bits per heavy atom. The second kappa shape index (κ2) is 5.69. The molecule has 0 radical (unpaired) electrons. The number of nitrogens with zero attached hydrogens (tertiary/aromatic N) is 1. The maximum Gasteiger partial charge on any atom is 0.177 e. The molecule has 4 nitrogen and oxygen atoms in total. The van der Waals surface area contributed by atoms with Crippen LogP contribution in [0, 0.1) is 11.8 Å². The largest absolute Gasteiger partial charge is 0.370 e. The number of ketones is 1. The first-order chi connectivity index (χ1) is 10.4. The molecule has 1 aliphatic heterocycles. The first-order valence-electron chi connectivity index (χ1n) is 7.96. The molecule has 22 heavy (non-hydrogen) atoms. The summed E-state index contributed by atoms with van der Waals surface area (Å²) in [6, 6.07) is 4.96. The molecule has 5 heteroatoms. The Kier molecular flexibility index (Phi) is 4.02. The van der Waals surface area contributed by atoms with Crippen LogP contribution < -0.4 is 4.90 Å². The highest BCUT2D eigenvalue weighted by molar-refractivity contribution is 7.90. The van der Waals surface area contributed by atoms with Gasteiger partial charge in [-0.05, 0) is 49.8 Å². The molecule has 0 unspecified atom stereocenters. The van der Waals surface area contributed by atoms with Crippen LogP contribution in [0.25, 0.3) is 0 Å². The third kappa shape index (κ3) is 2.91. The molecule has 0 bridgehead atoms. The highest BCUT2D eigenvalue weighted by Gasteiger charge is 2.36. The predicted molar refractivity (Wildman–Crippen MR) is 87.2 cm³/mol. The van der Waals surface area contributed by atoms with Gasteiger partial charge < -0.3 is 4.90 Å². The normalized spacial score (nSPS) is 25.1. The minimum absolute atomic E-state index is 0.0297. The van der Waals surface area contributed by atoms with Gasteiger partial charge in [0.1, 0.15) is 0 Å². The van der Waals surface area contributed by atoms with Crippen LogP contribution in [0.4, 0.5) is 5.69 Å². The van der Waals surface area contributed by atoms with E-state index < -0.39 is 9.84 Å². The number of fused-ring (bicyclic) bond motifs is 1. The molecule has 2 aliphatic rings. The Bertz CT molecular complexity index is 682. The van der Waals surface area contributed by atoms with E-state index in [0.29, 0.717) is 28.0 Å². The van der Waals surface area contributed by atoms with Gasteiger partial charge in [0.25, 0.3) is 0 Å². The molecule has 1 saturated heterocycles. The zero-order valence-electron chi connectivity index (χ0n) is 13.2. The molecular formula is C17H23NO3S. The van der Waals surface area contributed by atoms with Crippen molar-refractivity contribution in [2.24, 2.45) is 11.8 Å². The van der Waals surface area contributed by atoms with Gasteiger partial charge in [0, 0.05) is 24.9 Å². The Labute approximate surface area is 132 Å². The average Bonchev–Trinajstić information content (AvgIpc) is 2.89. The minimum atomic E-state index is -3.30. The summed E-state index contributed by atoms with van der Waals surface area (Å²) in [7, 11) is -3.30. The van der Waals surface area contributed by atoms with Crippen molar-refractivity contribution in [3.63, 3.8) is 0 Å². The summed E-state index contributed by atoms with van der Waals surface area (Å²) >= 11 is 0. The fourth-order valence-electron chi connectivity index (χ4n) is 3.90. The standard InChI is InChI=1S/C17H23NO3S/c1-12(19)13-7-8-17(22(2,20)21)16(9-13)18-10-14-5-3-4-6-15(14)11-18/h7-9,14-15H,3-6,10-11H2,1-2H3/t14-,15-/m1/s1. The molecule has 1 aliphatic carbocycles. The van der Waals surface area contributed by atoms with E-state index in [9.17, 15) is 13.2 Å². The number of hydrogen-bond donors (Lipinski definition) is 0. The van der Waals surface area contributed by atoms with Gasteiger partial charge in [-0.25, -0.2) is 8.42 Å². The first-order valence-corrected chi connectivity index (χ1v) is 9.85. The van der Waals surface area contributed by atoms with E-state index in [1.165, 1.54) is 38.9 Å². The monoisotopic (exact) mass is 321 g/mol. The molecule has 1 aromatic carbocycles. The summed E-state index contributed by atoms with van der Waals surface area (Å²) in [5.74, 6) is 1.31. The third-order valence-electron chi connectivity index (χ3n) is 5.08. The summed E-state index contributed by atoms with van der Waals surface area (Å²) in [5.41, 5.74) is 1.29. The fourth-order valence-corrected chi connectivity index (χ4v) is 4.78. The Morgan fingerprint density at radius 1 is 1.14 bits per heavy atom. The van der Waals surface area contributed by atoms with Crippen molar-refractivity contribution in [3.8, 4) is 0 Å². The lowest BCUT2D eigenvalue weighted by atomic mass is 9.82. The number of carbonyl (C=O) groups excluding carboxylic acids is 1. The van der Waals surface area contributed by atoms with Crippen molar-refractivity contribution in [2.45, 2.75) is 37.5 Å². The van der Waals surface area contributed by atoms with Crippen molar-refractivity contribution < 1.29 is 13.2 Å². The number of sulfone groups is 1. The van der Waals surface area contributed by atoms with Crippen molar-refractivity contribution in [1.82, 2.24) is 0 Å². The van der Waals surface area contributed by atoms with Gasteiger partial charge in [0.15, 0.2) is 15.6 Å². The van der Waals surface area contributed by atoms with E-state index in [2.05, 4.69) is 4.90 Å². The van der Waals surface area contributed by atoms with Gasteiger partial charge in [-0.3, -0.25) is 4.79 Å². The van der Waals surface area contributed by atoms with E-state index in [-0.39, 0.29) is 5.78 Å². The van der Waals surface area contributed by atoms with Crippen molar-refractivity contribution in [1.29, 1.82) is 0 Å². The van der Waals surface area contributed by atoms with Crippen LogP contribution >= 0.6 is 0 Å². The number of anilines is 1. The molecule has 2 atom stereocenters. The molecule has 1 heterocycles. The molecule has 3 rings (SSSR count). The second-order valence-electron chi connectivity index (χ2n) is 6.72. The number of Topliss-reactive ketones (excluding diaryl/α,β-unsaturated/α-hetero) is 1. The Hall–Kier alpha value is -1.36. The summed E-state index contributed by atoms with van der Waals surface area (Å²) in [6.45, 7) is 3.34. The lowest BCUT2D eigenvalue weighted by Crippen LogP contribution is -2.22. The molecule has 120 valence electrons. The highest BCUT2D eigenvalue weighted by atomic mass is 32.2. The molecular weight excluding hydrogens is 298 g/mol. The van der Waals surface area contributed by atoms with Gasteiger partial charge in [0.2, 0.25) is 0 Å². The quantitative estimate of drug-likeness (QED) is 0.803. The minimum Gasteiger partial charge on any atom is -0.370 e. The second-order valence-corrected chi connectivity index (χ2v) is 8.70. The van der Waals surface area contributed by atoms with Crippen LogP contribution in [-0.4, -0.2) is 33.5 Å². The van der Waals surface area contributed by atoms with E-state index in [0.717, 1.165) is 13.1 Å². The Balaban J connectivity index is 2.00. The van der Waals surface area contributed by atoms with Crippen molar-refractivity contribution in [3.05, 3.63) is 23.8 Å². The number of hydrogen-bond acceptors (Lipinski definition) is 4. The maximum absolute atomic E-state index is 12.1. The van der Waals surface area contributed by atoms with Crippen LogP contribution in [0.3, 0.4) is 0 Å². The van der Waals surface area contributed by atoms with E-state index >= 15 is 0 Å². The molecule has 0 aromatic heterocycles. The van der Waals surface area contributed by atoms with Gasteiger partial charge in [-0.15, -0.1) is 0 Å². The highest BCUT2D eigenvalue weighted by Crippen LogP contribution is 2.40. The molecule has 1 saturated carbocycles. The first kappa shape index (κ1) is 15.5. The Morgan fingerprint density at radius 2 is 1.73 bits per heavy atom. The summed E-state index contributed by atoms with van der Waals surface area (Å²) in [4.78, 5) is 14.2. The molecule has 2 fully saturated rings.